The van der Waals surface area contributed by atoms with Crippen LogP contribution in [0.15, 0.2) is 0 Å². The lowest BCUT2D eigenvalue weighted by molar-refractivity contribution is -0.144. The lowest BCUT2D eigenvalue weighted by Crippen LogP contribution is -2.64. The Balaban J connectivity index is 1.22. The summed E-state index contributed by atoms with van der Waals surface area (Å²) in [6, 6.07) is -3.18. The highest BCUT2D eigenvalue weighted by molar-refractivity contribution is 7.92. The summed E-state index contributed by atoms with van der Waals surface area (Å²) in [5.41, 5.74) is -1.03. The number of sulfone groups is 1. The predicted molar refractivity (Wildman–Crippen MR) is 189 cm³/mol. The quantitative estimate of drug-likeness (QED) is 0.304. The third-order valence-electron chi connectivity index (χ3n) is 12.9. The highest BCUT2D eigenvalue weighted by atomic mass is 32.2. The summed E-state index contributed by atoms with van der Waals surface area (Å²) in [5, 5.41) is 11.2. The zero-order chi connectivity index (χ0) is 35.7. The molecule has 3 aliphatic heterocycles. The van der Waals surface area contributed by atoms with E-state index in [1.165, 1.54) is 0 Å². The zero-order valence-electron chi connectivity index (χ0n) is 30.1. The van der Waals surface area contributed by atoms with Crippen molar-refractivity contribution in [3.63, 3.8) is 0 Å². The molecular formula is C37H59N5O7S. The van der Waals surface area contributed by atoms with Crippen molar-refractivity contribution in [2.24, 2.45) is 17.3 Å². The fraction of sp³-hybridized carbons (Fsp3) is 0.865. The number of Topliss-reactive ketones (excluding diaryl/α,β-unsaturated/α-hetero) is 1. The molecule has 0 spiro atoms. The first-order chi connectivity index (χ1) is 23.8. The van der Waals surface area contributed by atoms with Gasteiger partial charge in [-0.2, -0.15) is 0 Å². The van der Waals surface area contributed by atoms with Gasteiger partial charge in [-0.25, -0.2) is 13.2 Å². The number of nitrogens with one attached hydrogen (secondary N) is 4. The molecule has 5 amide bonds. The van der Waals surface area contributed by atoms with E-state index in [2.05, 4.69) is 35.1 Å². The van der Waals surface area contributed by atoms with Gasteiger partial charge in [0.25, 0.3) is 5.91 Å². The number of ketones is 1. The van der Waals surface area contributed by atoms with E-state index in [1.807, 2.05) is 0 Å². The molecule has 4 N–H and O–H groups in total. The first-order valence-corrected chi connectivity index (χ1v) is 21.3. The Kier molecular flexibility index (Phi) is 11.2. The predicted octanol–water partition coefficient (Wildman–Crippen LogP) is 3.66. The third-order valence-corrected chi connectivity index (χ3v) is 15.3. The minimum Gasteiger partial charge on any atom is -0.347 e. The van der Waals surface area contributed by atoms with Crippen molar-refractivity contribution in [2.75, 3.05) is 12.3 Å². The second-order valence-corrected chi connectivity index (χ2v) is 19.1. The maximum absolute atomic E-state index is 14.5. The van der Waals surface area contributed by atoms with Gasteiger partial charge in [0, 0.05) is 12.6 Å². The van der Waals surface area contributed by atoms with Gasteiger partial charge in [0.1, 0.15) is 12.1 Å². The number of fused-ring (bicyclic) bond motifs is 3. The summed E-state index contributed by atoms with van der Waals surface area (Å²) in [6.07, 6.45) is 14.5. The molecule has 0 bridgehead atoms. The van der Waals surface area contributed by atoms with E-state index in [1.54, 1.807) is 4.90 Å². The van der Waals surface area contributed by atoms with Crippen LogP contribution in [0.1, 0.15) is 136 Å². The first kappa shape index (κ1) is 37.1. The van der Waals surface area contributed by atoms with E-state index in [9.17, 15) is 32.4 Å². The van der Waals surface area contributed by atoms with Crippen molar-refractivity contribution in [1.82, 2.24) is 26.2 Å². The Labute approximate surface area is 297 Å². The number of nitrogens with zero attached hydrogens (tertiary/aromatic N) is 1. The van der Waals surface area contributed by atoms with E-state index < -0.39 is 62.4 Å². The average Bonchev–Trinajstić information content (AvgIpc) is 3.92. The normalized spacial score (nSPS) is 34.3. The van der Waals surface area contributed by atoms with Crippen molar-refractivity contribution in [3.05, 3.63) is 0 Å². The molecule has 3 aliphatic carbocycles. The summed E-state index contributed by atoms with van der Waals surface area (Å²) in [7, 11) is -3.37. The molecule has 3 saturated heterocycles. The van der Waals surface area contributed by atoms with Crippen LogP contribution in [-0.4, -0.2) is 90.1 Å². The SMILES string of the molecule is CC1(C)[C@@H]2[C@H]3C(=O)N[C@H](C(=O)C(=O)NC4CC4)CCCCCCCCC[C@H](NC(=O)NC4([C@H]5CCCCS5(=O)=O)CCCCC4)C(=O)N3C[C@@H]21. The van der Waals surface area contributed by atoms with Gasteiger partial charge >= 0.3 is 6.03 Å². The molecule has 13 heteroatoms. The summed E-state index contributed by atoms with van der Waals surface area (Å²) < 4.78 is 26.6. The molecule has 50 heavy (non-hydrogen) atoms. The van der Waals surface area contributed by atoms with Crippen LogP contribution < -0.4 is 21.3 Å². The molecule has 3 heterocycles. The maximum atomic E-state index is 14.5. The van der Waals surface area contributed by atoms with Crippen LogP contribution in [-0.2, 0) is 29.0 Å². The molecule has 0 unspecified atom stereocenters. The second-order valence-electron chi connectivity index (χ2n) is 16.8. The van der Waals surface area contributed by atoms with Crippen molar-refractivity contribution < 1.29 is 32.4 Å². The third kappa shape index (κ3) is 8.02. The standard InChI is InChI=1S/C37H59N5O7S/c1-36(2)25-23-42-30(29(25)36)32(44)39-26(31(43)33(45)38-24-18-19-24)15-9-6-4-3-5-7-10-16-27(34(42)46)40-35(47)41-37(20-12-8-13-21-37)28-17-11-14-22-50(28,48)49/h24-30H,3-23H2,1-2H3,(H,38,45)(H,39,44)(H2,40,41,47)/t25-,26-,27-,28+,29-,30-/m0/s1. The average molecular weight is 718 g/mol. The monoisotopic (exact) mass is 717 g/mol. The summed E-state index contributed by atoms with van der Waals surface area (Å²) in [5.74, 6) is -1.91. The lowest BCUT2D eigenvalue weighted by atomic mass is 9.77. The van der Waals surface area contributed by atoms with Crippen LogP contribution in [0.5, 0.6) is 0 Å². The number of piperidine rings is 1. The van der Waals surface area contributed by atoms with E-state index in [0.717, 1.165) is 77.0 Å². The molecule has 6 rings (SSSR count). The van der Waals surface area contributed by atoms with Crippen LogP contribution in [0, 0.1) is 17.3 Å². The van der Waals surface area contributed by atoms with Crippen LogP contribution in [0.3, 0.4) is 0 Å². The molecule has 0 radical (unpaired) electrons. The molecule has 6 fully saturated rings. The van der Waals surface area contributed by atoms with E-state index >= 15 is 0 Å². The van der Waals surface area contributed by atoms with Gasteiger partial charge in [0.2, 0.25) is 17.6 Å². The number of carbonyl (C=O) groups excluding carboxylic acids is 5. The van der Waals surface area contributed by atoms with Gasteiger partial charge < -0.3 is 26.2 Å². The number of hydrogen-bond acceptors (Lipinski definition) is 7. The Bertz CT molecular complexity index is 1420. The minimum atomic E-state index is -3.37. The highest BCUT2D eigenvalue weighted by Gasteiger charge is 2.69. The van der Waals surface area contributed by atoms with Gasteiger partial charge in [0.15, 0.2) is 9.84 Å². The van der Waals surface area contributed by atoms with E-state index in [-0.39, 0.29) is 35.0 Å². The van der Waals surface area contributed by atoms with Gasteiger partial charge in [-0.15, -0.1) is 0 Å². The van der Waals surface area contributed by atoms with E-state index in [4.69, 9.17) is 0 Å². The minimum absolute atomic E-state index is 0.0194. The Morgan fingerprint density at radius 2 is 1.40 bits per heavy atom. The fourth-order valence-corrected chi connectivity index (χ4v) is 12.1. The molecule has 12 nitrogen and oxygen atoms in total. The van der Waals surface area contributed by atoms with Gasteiger partial charge in [-0.05, 0) is 68.6 Å². The summed E-state index contributed by atoms with van der Waals surface area (Å²) >= 11 is 0. The summed E-state index contributed by atoms with van der Waals surface area (Å²) in [4.78, 5) is 70.3. The molecule has 0 aromatic carbocycles. The second kappa shape index (κ2) is 15.1. The molecule has 0 aromatic rings. The largest absolute Gasteiger partial charge is 0.347 e. The van der Waals surface area contributed by atoms with Gasteiger partial charge in [-0.3, -0.25) is 19.2 Å². The zero-order valence-corrected chi connectivity index (χ0v) is 30.9. The van der Waals surface area contributed by atoms with Crippen LogP contribution in [0.25, 0.3) is 0 Å². The molecule has 3 saturated carbocycles. The van der Waals surface area contributed by atoms with Crippen LogP contribution in [0.4, 0.5) is 4.79 Å². The number of amides is 5. The molecule has 6 atom stereocenters. The number of rotatable bonds is 6. The van der Waals surface area contributed by atoms with Crippen molar-refractivity contribution >= 4 is 39.4 Å². The van der Waals surface area contributed by atoms with Crippen LogP contribution in [0.2, 0.25) is 0 Å². The topological polar surface area (TPSA) is 171 Å². The van der Waals surface area contributed by atoms with Crippen LogP contribution >= 0.6 is 0 Å². The fourth-order valence-electron chi connectivity index (χ4n) is 9.73. The van der Waals surface area contributed by atoms with Crippen molar-refractivity contribution in [2.45, 2.75) is 171 Å². The van der Waals surface area contributed by atoms with Crippen molar-refractivity contribution in [1.29, 1.82) is 0 Å². The first-order valence-electron chi connectivity index (χ1n) is 19.6. The Morgan fingerprint density at radius 1 is 0.780 bits per heavy atom. The molecule has 280 valence electrons. The maximum Gasteiger partial charge on any atom is 0.315 e. The number of urea groups is 1. The summed E-state index contributed by atoms with van der Waals surface area (Å²) in [6.45, 7) is 4.56. The number of hydrogen-bond donors (Lipinski definition) is 4. The van der Waals surface area contributed by atoms with E-state index in [0.29, 0.717) is 51.5 Å². The lowest BCUT2D eigenvalue weighted by Gasteiger charge is -2.45. The Morgan fingerprint density at radius 3 is 2.06 bits per heavy atom. The highest BCUT2D eigenvalue weighted by Crippen LogP contribution is 2.65. The van der Waals surface area contributed by atoms with Crippen molar-refractivity contribution in [3.8, 4) is 0 Å². The number of carbonyl (C=O) groups is 5. The van der Waals surface area contributed by atoms with Gasteiger partial charge in [0.05, 0.1) is 22.6 Å². The van der Waals surface area contributed by atoms with Gasteiger partial charge in [-0.1, -0.05) is 84.5 Å². The molecular weight excluding hydrogens is 659 g/mol. The molecule has 6 aliphatic rings. The smallest absolute Gasteiger partial charge is 0.315 e. The molecule has 0 aromatic heterocycles. The Hall–Kier alpha value is -2.70.